The monoisotopic (exact) mass is 101 g/mol. The summed E-state index contributed by atoms with van der Waals surface area (Å²) in [4.78, 5) is 9.04. The van der Waals surface area contributed by atoms with Crippen molar-refractivity contribution in [3.05, 3.63) is 12.0 Å². The summed E-state index contributed by atoms with van der Waals surface area (Å²) in [6.45, 7) is 0.552. The Kier molecular flexibility index (Phi) is 1.17. The fourth-order valence-electron chi connectivity index (χ4n) is 0.385. The van der Waals surface area contributed by atoms with Gasteiger partial charge in [0.1, 0.15) is 6.61 Å². The average Bonchev–Trinajstić information content (AvgIpc) is 2.14. The highest BCUT2D eigenvalue weighted by atomic mass is 17.2. The summed E-state index contributed by atoms with van der Waals surface area (Å²) < 4.78 is 0. The maximum absolute atomic E-state index is 4.55. The highest BCUT2D eigenvalue weighted by Crippen LogP contribution is 1.99. The molecule has 0 fully saturated rings. The van der Waals surface area contributed by atoms with Gasteiger partial charge >= 0.3 is 0 Å². The van der Waals surface area contributed by atoms with Gasteiger partial charge in [0, 0.05) is 13.1 Å². The lowest BCUT2D eigenvalue weighted by atomic mass is 10.6. The normalized spacial score (nSPS) is 18.1. The highest BCUT2D eigenvalue weighted by Gasteiger charge is 2.00. The lowest BCUT2D eigenvalue weighted by Crippen LogP contribution is -2.04. The van der Waals surface area contributed by atoms with Crippen molar-refractivity contribution in [3.8, 4) is 0 Å². The van der Waals surface area contributed by atoms with Gasteiger partial charge in [-0.1, -0.05) is 0 Å². The molecular formula is C4H7NO2. The van der Waals surface area contributed by atoms with E-state index in [0.29, 0.717) is 12.5 Å². The Labute approximate surface area is 41.8 Å². The predicted molar refractivity (Wildman–Crippen MR) is 24.2 cm³/mol. The molecule has 1 aliphatic rings. The smallest absolute Gasteiger partial charge is 0.228 e. The Bertz CT molecular complexity index is 89.7. The second-order valence-electron chi connectivity index (χ2n) is 1.19. The first-order valence-corrected chi connectivity index (χ1v) is 2.11. The van der Waals surface area contributed by atoms with Crippen molar-refractivity contribution in [3.63, 3.8) is 0 Å². The molecule has 40 valence electrons. The van der Waals surface area contributed by atoms with Gasteiger partial charge < -0.3 is 10.2 Å². The summed E-state index contributed by atoms with van der Waals surface area (Å²) in [5.74, 6) is 0.694. The van der Waals surface area contributed by atoms with Crippen LogP contribution in [0, 0.1) is 0 Å². The number of rotatable bonds is 1. The molecule has 0 saturated carbocycles. The van der Waals surface area contributed by atoms with Crippen molar-refractivity contribution >= 4 is 0 Å². The van der Waals surface area contributed by atoms with Crippen molar-refractivity contribution in [1.82, 2.24) is 5.32 Å². The van der Waals surface area contributed by atoms with Gasteiger partial charge in [0.05, 0.1) is 0 Å². The van der Waals surface area contributed by atoms with Gasteiger partial charge in [-0.3, -0.25) is 0 Å². The third-order valence-electron chi connectivity index (χ3n) is 0.732. The van der Waals surface area contributed by atoms with E-state index in [2.05, 4.69) is 15.1 Å². The van der Waals surface area contributed by atoms with E-state index in [1.807, 2.05) is 6.08 Å². The van der Waals surface area contributed by atoms with Gasteiger partial charge in [-0.05, 0) is 0 Å². The zero-order chi connectivity index (χ0) is 5.11. The quantitative estimate of drug-likeness (QED) is 0.472. The molecule has 3 heteroatoms. The maximum Gasteiger partial charge on any atom is 0.228 e. The van der Waals surface area contributed by atoms with Crippen LogP contribution in [0.3, 0.4) is 0 Å². The molecule has 1 N–H and O–H groups in total. The van der Waals surface area contributed by atoms with Crippen LogP contribution >= 0.6 is 0 Å². The molecule has 0 aromatic heterocycles. The number of hydrogen-bond acceptors (Lipinski definition) is 3. The third kappa shape index (κ3) is 0.838. The van der Waals surface area contributed by atoms with E-state index < -0.39 is 0 Å². The van der Waals surface area contributed by atoms with Gasteiger partial charge in [0.2, 0.25) is 5.88 Å². The molecule has 0 radical (unpaired) electrons. The maximum atomic E-state index is 4.55. The van der Waals surface area contributed by atoms with E-state index in [9.17, 15) is 0 Å². The van der Waals surface area contributed by atoms with Gasteiger partial charge in [-0.2, -0.15) is 4.89 Å². The molecule has 7 heavy (non-hydrogen) atoms. The van der Waals surface area contributed by atoms with Gasteiger partial charge in [0.25, 0.3) is 0 Å². The summed E-state index contributed by atoms with van der Waals surface area (Å²) >= 11 is 0. The summed E-state index contributed by atoms with van der Waals surface area (Å²) in [6, 6.07) is 0. The second kappa shape index (κ2) is 1.84. The minimum Gasteiger partial charge on any atom is -0.357 e. The van der Waals surface area contributed by atoms with Gasteiger partial charge in [-0.15, -0.1) is 0 Å². The molecule has 0 aliphatic carbocycles. The van der Waals surface area contributed by atoms with Crippen LogP contribution in [0.1, 0.15) is 0 Å². The average molecular weight is 101 g/mol. The Morgan fingerprint density at radius 2 is 2.71 bits per heavy atom. The van der Waals surface area contributed by atoms with E-state index in [4.69, 9.17) is 0 Å². The van der Waals surface area contributed by atoms with E-state index in [0.717, 1.165) is 0 Å². The molecule has 0 bridgehead atoms. The van der Waals surface area contributed by atoms with Crippen LogP contribution in [0.2, 0.25) is 0 Å². The standard InChI is InChI=1S/C4H7NO2/c1-5-4-2-3-6-7-4/h2,5H,3H2,1H3. The van der Waals surface area contributed by atoms with E-state index in [1.165, 1.54) is 0 Å². The zero-order valence-corrected chi connectivity index (χ0v) is 4.10. The zero-order valence-electron chi connectivity index (χ0n) is 4.10. The topological polar surface area (TPSA) is 30.5 Å². The second-order valence-corrected chi connectivity index (χ2v) is 1.19. The van der Waals surface area contributed by atoms with Gasteiger partial charge in [0.15, 0.2) is 0 Å². The Hall–Kier alpha value is -0.700. The SMILES string of the molecule is CNC1=CCOO1. The molecule has 1 rings (SSSR count). The molecular weight excluding hydrogens is 94.0 g/mol. The Balaban J connectivity index is 2.36. The molecule has 0 unspecified atom stereocenters. The van der Waals surface area contributed by atoms with Crippen molar-refractivity contribution in [2.75, 3.05) is 13.7 Å². The van der Waals surface area contributed by atoms with Crippen LogP contribution < -0.4 is 5.32 Å². The lowest BCUT2D eigenvalue weighted by molar-refractivity contribution is -0.237. The van der Waals surface area contributed by atoms with Crippen LogP contribution in [-0.2, 0) is 9.78 Å². The summed E-state index contributed by atoms with van der Waals surface area (Å²) in [7, 11) is 1.78. The first-order chi connectivity index (χ1) is 3.43. The minimum atomic E-state index is 0.552. The Morgan fingerprint density at radius 3 is 3.00 bits per heavy atom. The predicted octanol–water partition coefficient (Wildman–Crippen LogP) is 0.00900. The van der Waals surface area contributed by atoms with Crippen LogP contribution in [0.4, 0.5) is 0 Å². The van der Waals surface area contributed by atoms with Crippen LogP contribution in [0.15, 0.2) is 12.0 Å². The van der Waals surface area contributed by atoms with Crippen molar-refractivity contribution in [2.45, 2.75) is 0 Å². The molecule has 0 aromatic carbocycles. The highest BCUT2D eigenvalue weighted by molar-refractivity contribution is 4.90. The van der Waals surface area contributed by atoms with Crippen LogP contribution in [0.25, 0.3) is 0 Å². The van der Waals surface area contributed by atoms with Crippen molar-refractivity contribution in [2.24, 2.45) is 0 Å². The summed E-state index contributed by atoms with van der Waals surface area (Å²) in [5.41, 5.74) is 0. The molecule has 0 amide bonds. The first kappa shape index (κ1) is 4.46. The Morgan fingerprint density at radius 1 is 1.86 bits per heavy atom. The largest absolute Gasteiger partial charge is 0.357 e. The lowest BCUT2D eigenvalue weighted by Gasteiger charge is -1.94. The van der Waals surface area contributed by atoms with E-state index in [1.54, 1.807) is 7.05 Å². The fraction of sp³-hybridized carbons (Fsp3) is 0.500. The van der Waals surface area contributed by atoms with Crippen molar-refractivity contribution < 1.29 is 9.78 Å². The summed E-state index contributed by atoms with van der Waals surface area (Å²) in [5, 5.41) is 2.78. The molecule has 0 saturated heterocycles. The molecule has 0 aromatic rings. The molecule has 3 nitrogen and oxygen atoms in total. The minimum absolute atomic E-state index is 0.552. The first-order valence-electron chi connectivity index (χ1n) is 2.11. The summed E-state index contributed by atoms with van der Waals surface area (Å²) in [6.07, 6.45) is 1.82. The number of nitrogens with one attached hydrogen (secondary N) is 1. The molecule has 0 atom stereocenters. The number of hydrogen-bond donors (Lipinski definition) is 1. The fourth-order valence-corrected chi connectivity index (χ4v) is 0.385. The molecule has 1 heterocycles. The van der Waals surface area contributed by atoms with Gasteiger partial charge in [-0.25, -0.2) is 0 Å². The molecule has 1 aliphatic heterocycles. The van der Waals surface area contributed by atoms with E-state index >= 15 is 0 Å². The van der Waals surface area contributed by atoms with E-state index in [-0.39, 0.29) is 0 Å². The third-order valence-corrected chi connectivity index (χ3v) is 0.732. The van der Waals surface area contributed by atoms with Crippen LogP contribution in [-0.4, -0.2) is 13.7 Å². The van der Waals surface area contributed by atoms with Crippen LogP contribution in [0.5, 0.6) is 0 Å². The molecule has 0 spiro atoms. The van der Waals surface area contributed by atoms with Crippen molar-refractivity contribution in [1.29, 1.82) is 0 Å².